The number of carbonyl (C=O) groups is 2. The number of likely N-dealkylation sites (tertiary alicyclic amines) is 1. The number of hydrogen-bond donors (Lipinski definition) is 1. The first-order valence-electron chi connectivity index (χ1n) is 9.34. The van der Waals surface area contributed by atoms with Crippen LogP contribution in [0.4, 0.5) is 0 Å². The Morgan fingerprint density at radius 1 is 1.19 bits per heavy atom. The van der Waals surface area contributed by atoms with E-state index < -0.39 is 0 Å². The predicted octanol–water partition coefficient (Wildman–Crippen LogP) is 3.88. The van der Waals surface area contributed by atoms with Crippen LogP contribution in [-0.2, 0) is 11.2 Å². The second kappa shape index (κ2) is 8.99. The molecule has 1 aliphatic heterocycles. The zero-order valence-electron chi connectivity index (χ0n) is 15.2. The van der Waals surface area contributed by atoms with Crippen LogP contribution in [0, 0.1) is 0 Å². The Hall–Kier alpha value is -2.14. The number of nitrogens with one attached hydrogen (secondary N) is 1. The van der Waals surface area contributed by atoms with Gasteiger partial charge in [-0.25, -0.2) is 0 Å². The van der Waals surface area contributed by atoms with Gasteiger partial charge in [0.15, 0.2) is 0 Å². The van der Waals surface area contributed by atoms with Crippen LogP contribution in [-0.4, -0.2) is 35.3 Å². The maximum atomic E-state index is 12.8. The molecule has 138 valence electrons. The summed E-state index contributed by atoms with van der Waals surface area (Å²) >= 11 is 1.44. The normalized spacial score (nSPS) is 18.3. The molecule has 2 amide bonds. The molecule has 2 atom stereocenters. The molecule has 0 spiro atoms. The first kappa shape index (κ1) is 18.6. The summed E-state index contributed by atoms with van der Waals surface area (Å²) < 4.78 is 0. The minimum absolute atomic E-state index is 0.0169. The first-order valence-corrected chi connectivity index (χ1v) is 10.2. The third kappa shape index (κ3) is 4.73. The van der Waals surface area contributed by atoms with E-state index >= 15 is 0 Å². The van der Waals surface area contributed by atoms with E-state index in [1.807, 2.05) is 42.6 Å². The van der Waals surface area contributed by atoms with Crippen LogP contribution in [0.2, 0.25) is 0 Å². The van der Waals surface area contributed by atoms with Gasteiger partial charge in [-0.3, -0.25) is 9.59 Å². The number of aryl methyl sites for hydroxylation is 1. The number of thiophene rings is 1. The van der Waals surface area contributed by atoms with Crippen molar-refractivity contribution in [1.82, 2.24) is 10.2 Å². The second-order valence-corrected chi connectivity index (χ2v) is 7.87. The number of nitrogens with zero attached hydrogens (tertiary/aromatic N) is 1. The van der Waals surface area contributed by atoms with Crippen molar-refractivity contribution in [3.8, 4) is 0 Å². The smallest absolute Gasteiger partial charge is 0.264 e. The third-order valence-corrected chi connectivity index (χ3v) is 5.75. The number of piperidine rings is 1. The Kier molecular flexibility index (Phi) is 6.45. The molecule has 1 fully saturated rings. The Morgan fingerprint density at radius 3 is 2.73 bits per heavy atom. The minimum atomic E-state index is -0.350. The van der Waals surface area contributed by atoms with Gasteiger partial charge in [-0.1, -0.05) is 36.4 Å². The third-order valence-electron chi connectivity index (χ3n) is 4.90. The van der Waals surface area contributed by atoms with Crippen molar-refractivity contribution in [2.24, 2.45) is 0 Å². The molecule has 5 heteroatoms. The Labute approximate surface area is 159 Å². The highest BCUT2D eigenvalue weighted by Crippen LogP contribution is 2.22. The Balaban J connectivity index is 1.57. The molecule has 3 rings (SSSR count). The van der Waals surface area contributed by atoms with Gasteiger partial charge >= 0.3 is 0 Å². The predicted molar refractivity (Wildman–Crippen MR) is 105 cm³/mol. The highest BCUT2D eigenvalue weighted by molar-refractivity contribution is 7.12. The van der Waals surface area contributed by atoms with Crippen molar-refractivity contribution in [1.29, 1.82) is 0 Å². The van der Waals surface area contributed by atoms with Gasteiger partial charge in [0.2, 0.25) is 5.91 Å². The Morgan fingerprint density at radius 2 is 2.00 bits per heavy atom. The van der Waals surface area contributed by atoms with Crippen LogP contribution in [0.1, 0.15) is 47.8 Å². The van der Waals surface area contributed by atoms with Gasteiger partial charge in [0.25, 0.3) is 5.91 Å². The lowest BCUT2D eigenvalue weighted by Crippen LogP contribution is -2.53. The quantitative estimate of drug-likeness (QED) is 0.839. The molecule has 1 aromatic heterocycles. The Bertz CT molecular complexity index is 715. The van der Waals surface area contributed by atoms with Crippen molar-refractivity contribution in [2.75, 3.05) is 6.54 Å². The molecular weight excluding hydrogens is 344 g/mol. The average Bonchev–Trinajstić information content (AvgIpc) is 3.21. The summed E-state index contributed by atoms with van der Waals surface area (Å²) in [5.74, 6) is -0.0352. The molecule has 26 heavy (non-hydrogen) atoms. The van der Waals surface area contributed by atoms with E-state index in [4.69, 9.17) is 0 Å². The molecule has 0 saturated carbocycles. The lowest BCUT2D eigenvalue weighted by molar-refractivity contribution is -0.127. The number of carbonyl (C=O) groups excluding carboxylic acids is 2. The van der Waals surface area contributed by atoms with Crippen LogP contribution in [0.15, 0.2) is 47.8 Å². The van der Waals surface area contributed by atoms with E-state index in [0.29, 0.717) is 11.4 Å². The van der Waals surface area contributed by atoms with Gasteiger partial charge < -0.3 is 10.2 Å². The molecule has 1 aromatic carbocycles. The zero-order chi connectivity index (χ0) is 18.4. The average molecular weight is 371 g/mol. The highest BCUT2D eigenvalue weighted by atomic mass is 32.1. The van der Waals surface area contributed by atoms with Crippen LogP contribution in [0.5, 0.6) is 0 Å². The highest BCUT2D eigenvalue weighted by Gasteiger charge is 2.33. The summed E-state index contributed by atoms with van der Waals surface area (Å²) in [5.41, 5.74) is 1.28. The molecular formula is C21H26N2O2S. The van der Waals surface area contributed by atoms with Crippen LogP contribution in [0.25, 0.3) is 0 Å². The number of rotatable bonds is 6. The molecule has 0 radical (unpaired) electrons. The maximum absolute atomic E-state index is 12.8. The molecule has 0 unspecified atom stereocenters. The summed E-state index contributed by atoms with van der Waals surface area (Å²) in [7, 11) is 0. The van der Waals surface area contributed by atoms with Crippen LogP contribution >= 0.6 is 11.3 Å². The molecule has 1 aliphatic rings. The largest absolute Gasteiger partial charge is 0.352 e. The van der Waals surface area contributed by atoms with Crippen LogP contribution in [0.3, 0.4) is 0 Å². The van der Waals surface area contributed by atoms with Crippen molar-refractivity contribution >= 4 is 23.2 Å². The van der Waals surface area contributed by atoms with E-state index in [9.17, 15) is 9.59 Å². The molecule has 1 saturated heterocycles. The molecule has 0 aliphatic carbocycles. The topological polar surface area (TPSA) is 49.4 Å². The number of amides is 2. The fourth-order valence-corrected chi connectivity index (χ4v) is 4.11. The molecule has 4 nitrogen and oxygen atoms in total. The minimum Gasteiger partial charge on any atom is -0.352 e. The lowest BCUT2D eigenvalue weighted by atomic mass is 10.00. The van der Waals surface area contributed by atoms with Gasteiger partial charge in [0.1, 0.15) is 6.04 Å². The monoisotopic (exact) mass is 370 g/mol. The van der Waals surface area contributed by atoms with Crippen molar-refractivity contribution in [3.63, 3.8) is 0 Å². The summed E-state index contributed by atoms with van der Waals surface area (Å²) in [6, 6.07) is 13.7. The van der Waals surface area contributed by atoms with Gasteiger partial charge in [-0.2, -0.15) is 0 Å². The molecule has 0 bridgehead atoms. The second-order valence-electron chi connectivity index (χ2n) is 6.92. The SMILES string of the molecule is C[C@@H](CCc1ccccc1)NC(=O)[C@H]1CCCCN1C(=O)c1cccs1. The van der Waals surface area contributed by atoms with Gasteiger partial charge in [-0.05, 0) is 56.0 Å². The summed E-state index contributed by atoms with van der Waals surface area (Å²) in [4.78, 5) is 28.0. The van der Waals surface area contributed by atoms with E-state index in [2.05, 4.69) is 17.4 Å². The standard InChI is InChI=1S/C21H26N2O2S/c1-16(12-13-17-8-3-2-4-9-17)22-20(24)18-10-5-6-14-23(18)21(25)19-11-7-15-26-19/h2-4,7-9,11,15-16,18H,5-6,10,12-14H2,1H3,(H,22,24)/t16-,18+/m0/s1. The fraction of sp³-hybridized carbons (Fsp3) is 0.429. The van der Waals surface area contributed by atoms with Crippen molar-refractivity contribution < 1.29 is 9.59 Å². The molecule has 2 aromatic rings. The maximum Gasteiger partial charge on any atom is 0.264 e. The number of benzene rings is 1. The zero-order valence-corrected chi connectivity index (χ0v) is 16.0. The van der Waals surface area contributed by atoms with Crippen LogP contribution < -0.4 is 5.32 Å². The molecule has 2 heterocycles. The summed E-state index contributed by atoms with van der Waals surface area (Å²) in [5, 5.41) is 5.02. The molecule has 1 N–H and O–H groups in total. The van der Waals surface area contributed by atoms with E-state index in [1.54, 1.807) is 4.90 Å². The number of hydrogen-bond acceptors (Lipinski definition) is 3. The van der Waals surface area contributed by atoms with Gasteiger partial charge in [0, 0.05) is 12.6 Å². The van der Waals surface area contributed by atoms with Crippen molar-refractivity contribution in [3.05, 3.63) is 58.3 Å². The van der Waals surface area contributed by atoms with E-state index in [-0.39, 0.29) is 23.9 Å². The summed E-state index contributed by atoms with van der Waals surface area (Å²) in [6.07, 6.45) is 4.52. The fourth-order valence-electron chi connectivity index (χ4n) is 3.43. The van der Waals surface area contributed by atoms with E-state index in [0.717, 1.165) is 32.1 Å². The van der Waals surface area contributed by atoms with Crippen molar-refractivity contribution in [2.45, 2.75) is 51.1 Å². The first-order chi connectivity index (χ1) is 12.6. The van der Waals surface area contributed by atoms with E-state index in [1.165, 1.54) is 16.9 Å². The van der Waals surface area contributed by atoms with Gasteiger partial charge in [0.05, 0.1) is 4.88 Å². The lowest BCUT2D eigenvalue weighted by Gasteiger charge is -2.35. The van der Waals surface area contributed by atoms with Gasteiger partial charge in [-0.15, -0.1) is 11.3 Å². The summed E-state index contributed by atoms with van der Waals surface area (Å²) in [6.45, 7) is 2.70.